The van der Waals surface area contributed by atoms with Gasteiger partial charge in [0.25, 0.3) is 0 Å². The first-order chi connectivity index (χ1) is 9.54. The molecule has 0 spiro atoms. The van der Waals surface area contributed by atoms with Crippen molar-refractivity contribution in [1.29, 1.82) is 0 Å². The third-order valence-electron chi connectivity index (χ3n) is 2.94. The Labute approximate surface area is 123 Å². The number of nitrogens with one attached hydrogen (secondary N) is 1. The van der Waals surface area contributed by atoms with E-state index in [9.17, 15) is 4.39 Å². The summed E-state index contributed by atoms with van der Waals surface area (Å²) < 4.78 is 20.9. The molecule has 3 rings (SSSR count). The fourth-order valence-electron chi connectivity index (χ4n) is 2.02. The number of aromatic nitrogens is 4. The van der Waals surface area contributed by atoms with Gasteiger partial charge in [0, 0.05) is 19.0 Å². The zero-order valence-corrected chi connectivity index (χ0v) is 12.1. The summed E-state index contributed by atoms with van der Waals surface area (Å²) in [6.45, 7) is 2.27. The predicted molar refractivity (Wildman–Crippen MR) is 74.8 cm³/mol. The summed E-state index contributed by atoms with van der Waals surface area (Å²) >= 11 is 11.0. The minimum absolute atomic E-state index is 0.0634. The molecule has 0 saturated heterocycles. The normalized spacial score (nSPS) is 11.3. The first-order valence-electron chi connectivity index (χ1n) is 5.91. The Morgan fingerprint density at radius 3 is 3.00 bits per heavy atom. The van der Waals surface area contributed by atoms with Gasteiger partial charge in [-0.25, -0.2) is 4.39 Å². The Morgan fingerprint density at radius 2 is 2.30 bits per heavy atom. The summed E-state index contributed by atoms with van der Waals surface area (Å²) in [6.07, 6.45) is 0.520. The van der Waals surface area contributed by atoms with Crippen molar-refractivity contribution in [3.8, 4) is 0 Å². The van der Waals surface area contributed by atoms with E-state index in [1.807, 2.05) is 0 Å². The quantitative estimate of drug-likeness (QED) is 0.753. The zero-order valence-electron chi connectivity index (χ0n) is 10.5. The predicted octanol–water partition coefficient (Wildman–Crippen LogP) is 3.43. The van der Waals surface area contributed by atoms with Crippen LogP contribution in [0.25, 0.3) is 11.0 Å². The first kappa shape index (κ1) is 13.3. The molecule has 2 heterocycles. The number of fused-ring (bicyclic) bond motifs is 1. The van der Waals surface area contributed by atoms with E-state index >= 15 is 0 Å². The first-order valence-corrected chi connectivity index (χ1v) is 6.70. The van der Waals surface area contributed by atoms with E-state index in [0.29, 0.717) is 40.5 Å². The minimum atomic E-state index is -0.476. The standard InChI is InChI=1S/C12H10ClFN4OS/c1-6-15-11(19-17-6)2-3-18-10-5-8(14)7(13)4-9(10)16-12(18)20/h4-5H,2-3H2,1H3,(H,16,20). The van der Waals surface area contributed by atoms with E-state index in [-0.39, 0.29) is 5.02 Å². The number of hydrogen-bond donors (Lipinski definition) is 1. The van der Waals surface area contributed by atoms with E-state index in [2.05, 4.69) is 15.1 Å². The van der Waals surface area contributed by atoms with Crippen molar-refractivity contribution in [2.45, 2.75) is 19.9 Å². The van der Waals surface area contributed by atoms with Crippen LogP contribution in [0.3, 0.4) is 0 Å². The van der Waals surface area contributed by atoms with Crippen LogP contribution in [0.5, 0.6) is 0 Å². The van der Waals surface area contributed by atoms with Gasteiger partial charge in [-0.3, -0.25) is 0 Å². The van der Waals surface area contributed by atoms with Gasteiger partial charge in [0.15, 0.2) is 10.6 Å². The van der Waals surface area contributed by atoms with Gasteiger partial charge >= 0.3 is 0 Å². The number of halogens is 2. The molecule has 2 aromatic heterocycles. The molecule has 0 radical (unpaired) electrons. The molecular formula is C12H10ClFN4OS. The molecule has 3 aromatic rings. The summed E-state index contributed by atoms with van der Waals surface area (Å²) in [5, 5.41) is 3.78. The summed E-state index contributed by atoms with van der Waals surface area (Å²) in [4.78, 5) is 7.12. The van der Waals surface area contributed by atoms with E-state index in [4.69, 9.17) is 28.3 Å². The van der Waals surface area contributed by atoms with Gasteiger partial charge in [-0.05, 0) is 25.2 Å². The molecule has 0 unspecified atom stereocenters. The fourth-order valence-corrected chi connectivity index (χ4v) is 2.49. The van der Waals surface area contributed by atoms with Gasteiger partial charge in [-0.2, -0.15) is 4.98 Å². The second-order valence-corrected chi connectivity index (χ2v) is 5.14. The maximum absolute atomic E-state index is 13.6. The van der Waals surface area contributed by atoms with Gasteiger partial charge in [0.05, 0.1) is 16.1 Å². The maximum atomic E-state index is 13.6. The van der Waals surface area contributed by atoms with Crippen molar-refractivity contribution in [3.05, 3.63) is 39.5 Å². The smallest absolute Gasteiger partial charge is 0.228 e. The molecule has 1 aromatic carbocycles. The average molecular weight is 313 g/mol. The lowest BCUT2D eigenvalue weighted by Gasteiger charge is -2.02. The van der Waals surface area contributed by atoms with Crippen LogP contribution in [0.4, 0.5) is 4.39 Å². The number of H-pyrrole nitrogens is 1. The van der Waals surface area contributed by atoms with Crippen molar-refractivity contribution < 1.29 is 8.91 Å². The monoisotopic (exact) mass is 312 g/mol. The van der Waals surface area contributed by atoms with Crippen LogP contribution in [0, 0.1) is 17.5 Å². The van der Waals surface area contributed by atoms with Crippen LogP contribution in [-0.4, -0.2) is 19.7 Å². The molecule has 0 amide bonds. The van der Waals surface area contributed by atoms with Crippen LogP contribution in [-0.2, 0) is 13.0 Å². The Balaban J connectivity index is 1.96. The third kappa shape index (κ3) is 2.34. The van der Waals surface area contributed by atoms with Crippen molar-refractivity contribution in [2.24, 2.45) is 0 Å². The zero-order chi connectivity index (χ0) is 14.3. The van der Waals surface area contributed by atoms with Crippen LogP contribution in [0.2, 0.25) is 5.02 Å². The van der Waals surface area contributed by atoms with E-state index in [1.54, 1.807) is 11.5 Å². The number of benzene rings is 1. The van der Waals surface area contributed by atoms with Gasteiger partial charge in [-0.15, -0.1) is 0 Å². The molecule has 8 heteroatoms. The van der Waals surface area contributed by atoms with Crippen LogP contribution < -0.4 is 0 Å². The molecular weight excluding hydrogens is 303 g/mol. The fraction of sp³-hybridized carbons (Fsp3) is 0.250. The second kappa shape index (κ2) is 4.99. The van der Waals surface area contributed by atoms with Crippen LogP contribution in [0.1, 0.15) is 11.7 Å². The summed E-state index contributed by atoms with van der Waals surface area (Å²) in [5.74, 6) is 0.629. The van der Waals surface area contributed by atoms with E-state index < -0.39 is 5.82 Å². The average Bonchev–Trinajstić information content (AvgIpc) is 2.92. The van der Waals surface area contributed by atoms with E-state index in [0.717, 1.165) is 0 Å². The largest absolute Gasteiger partial charge is 0.339 e. The Bertz CT molecular complexity index is 838. The molecule has 104 valence electrons. The lowest BCUT2D eigenvalue weighted by molar-refractivity contribution is 0.369. The van der Waals surface area contributed by atoms with Gasteiger partial charge in [0.1, 0.15) is 5.82 Å². The van der Waals surface area contributed by atoms with Crippen molar-refractivity contribution >= 4 is 34.9 Å². The highest BCUT2D eigenvalue weighted by molar-refractivity contribution is 7.71. The van der Waals surface area contributed by atoms with Crippen LogP contribution >= 0.6 is 23.8 Å². The molecule has 5 nitrogen and oxygen atoms in total. The maximum Gasteiger partial charge on any atom is 0.228 e. The molecule has 0 fully saturated rings. The highest BCUT2D eigenvalue weighted by Crippen LogP contribution is 2.23. The Kier molecular flexibility index (Phi) is 3.31. The molecule has 0 aliphatic carbocycles. The topological polar surface area (TPSA) is 59.6 Å². The SMILES string of the molecule is Cc1noc(CCn2c(=S)[nH]c3cc(Cl)c(F)cc32)n1. The van der Waals surface area contributed by atoms with Crippen molar-refractivity contribution in [2.75, 3.05) is 0 Å². The third-order valence-corrected chi connectivity index (χ3v) is 3.55. The summed E-state index contributed by atoms with van der Waals surface area (Å²) in [5.41, 5.74) is 1.36. The molecule has 0 bridgehead atoms. The molecule has 20 heavy (non-hydrogen) atoms. The Morgan fingerprint density at radius 1 is 1.50 bits per heavy atom. The highest BCUT2D eigenvalue weighted by atomic mass is 35.5. The lowest BCUT2D eigenvalue weighted by Crippen LogP contribution is -2.02. The molecule has 0 atom stereocenters. The summed E-state index contributed by atoms with van der Waals surface area (Å²) in [7, 11) is 0. The van der Waals surface area contributed by atoms with Crippen molar-refractivity contribution in [1.82, 2.24) is 19.7 Å². The lowest BCUT2D eigenvalue weighted by atomic mass is 10.3. The highest BCUT2D eigenvalue weighted by Gasteiger charge is 2.10. The van der Waals surface area contributed by atoms with Gasteiger partial charge < -0.3 is 14.1 Å². The Hall–Kier alpha value is -1.73. The second-order valence-electron chi connectivity index (χ2n) is 4.35. The van der Waals surface area contributed by atoms with Gasteiger partial charge in [0.2, 0.25) is 5.89 Å². The number of aromatic amines is 1. The molecule has 0 aliphatic heterocycles. The van der Waals surface area contributed by atoms with Crippen LogP contribution in [0.15, 0.2) is 16.7 Å². The van der Waals surface area contributed by atoms with Gasteiger partial charge in [-0.1, -0.05) is 16.8 Å². The minimum Gasteiger partial charge on any atom is -0.339 e. The number of aryl methyl sites for hydroxylation is 3. The summed E-state index contributed by atoms with van der Waals surface area (Å²) in [6, 6.07) is 2.89. The number of nitrogens with zero attached hydrogens (tertiary/aromatic N) is 3. The number of hydrogen-bond acceptors (Lipinski definition) is 4. The van der Waals surface area contributed by atoms with Crippen molar-refractivity contribution in [3.63, 3.8) is 0 Å². The number of rotatable bonds is 3. The molecule has 0 aliphatic rings. The molecule has 0 saturated carbocycles. The number of imidazole rings is 1. The van der Waals surface area contributed by atoms with E-state index in [1.165, 1.54) is 12.1 Å². The molecule has 1 N–H and O–H groups in total.